The fourth-order valence-corrected chi connectivity index (χ4v) is 3.38. The molecule has 0 aliphatic rings. The van der Waals surface area contributed by atoms with Crippen molar-refractivity contribution in [2.24, 2.45) is 5.10 Å². The van der Waals surface area contributed by atoms with Crippen LogP contribution in [0.2, 0.25) is 5.02 Å². The van der Waals surface area contributed by atoms with Gasteiger partial charge in [-0.05, 0) is 55.3 Å². The number of aromatic nitrogens is 2. The molecule has 0 unspecified atom stereocenters. The molecule has 146 valence electrons. The molecule has 0 radical (unpaired) electrons. The molecule has 7 heteroatoms. The van der Waals surface area contributed by atoms with E-state index in [2.05, 4.69) is 28.0 Å². The van der Waals surface area contributed by atoms with E-state index in [1.807, 2.05) is 32.0 Å². The first-order valence-electron chi connectivity index (χ1n) is 9.13. The average Bonchev–Trinajstić information content (AvgIpc) is 2.69. The van der Waals surface area contributed by atoms with Gasteiger partial charge in [-0.1, -0.05) is 41.4 Å². The molecule has 0 amide bonds. The third kappa shape index (κ3) is 4.28. The van der Waals surface area contributed by atoms with Crippen molar-refractivity contribution in [1.29, 1.82) is 0 Å². The molecule has 2 aromatic carbocycles. The molecule has 0 aliphatic carbocycles. The largest absolute Gasteiger partial charge is 0.492 e. The third-order valence-electron chi connectivity index (χ3n) is 4.46. The highest BCUT2D eigenvalue weighted by Crippen LogP contribution is 2.25. The summed E-state index contributed by atoms with van der Waals surface area (Å²) < 4.78 is 7.66. The summed E-state index contributed by atoms with van der Waals surface area (Å²) in [6.07, 6.45) is 2.46. The van der Waals surface area contributed by atoms with Crippen molar-refractivity contribution >= 4 is 44.6 Å². The molecule has 0 aliphatic heterocycles. The Labute approximate surface area is 177 Å². The SMILES string of the molecule is CCOc1ccc(C=Nn2c([C@H](C)CC)nc3ccc(Br)cc3c2=O)cc1Cl. The number of hydrogen-bond donors (Lipinski definition) is 0. The van der Waals surface area contributed by atoms with Crippen molar-refractivity contribution in [2.45, 2.75) is 33.1 Å². The predicted molar refractivity (Wildman–Crippen MR) is 118 cm³/mol. The zero-order valence-corrected chi connectivity index (χ0v) is 18.3. The number of benzene rings is 2. The molecule has 0 spiro atoms. The third-order valence-corrected chi connectivity index (χ3v) is 5.25. The maximum Gasteiger partial charge on any atom is 0.282 e. The summed E-state index contributed by atoms with van der Waals surface area (Å²) in [4.78, 5) is 17.8. The van der Waals surface area contributed by atoms with Gasteiger partial charge < -0.3 is 4.74 Å². The quantitative estimate of drug-likeness (QED) is 0.448. The van der Waals surface area contributed by atoms with Gasteiger partial charge in [-0.15, -0.1) is 0 Å². The molecule has 0 fully saturated rings. The van der Waals surface area contributed by atoms with E-state index in [0.29, 0.717) is 34.1 Å². The van der Waals surface area contributed by atoms with Crippen LogP contribution in [0.1, 0.15) is 44.5 Å². The highest BCUT2D eigenvalue weighted by molar-refractivity contribution is 9.10. The maximum absolute atomic E-state index is 13.1. The molecule has 1 atom stereocenters. The highest BCUT2D eigenvalue weighted by Gasteiger charge is 2.15. The van der Waals surface area contributed by atoms with Crippen molar-refractivity contribution in [1.82, 2.24) is 9.66 Å². The molecule has 0 bridgehead atoms. The van der Waals surface area contributed by atoms with Crippen LogP contribution in [0.5, 0.6) is 5.75 Å². The Bertz CT molecular complexity index is 1090. The lowest BCUT2D eigenvalue weighted by Gasteiger charge is -2.14. The molecule has 3 rings (SSSR count). The van der Waals surface area contributed by atoms with E-state index in [4.69, 9.17) is 21.3 Å². The summed E-state index contributed by atoms with van der Waals surface area (Å²) in [7, 11) is 0. The second-order valence-corrected chi connectivity index (χ2v) is 7.75. The zero-order chi connectivity index (χ0) is 20.3. The normalized spacial score (nSPS) is 12.6. The topological polar surface area (TPSA) is 56.5 Å². The number of nitrogens with zero attached hydrogens (tertiary/aromatic N) is 3. The molecule has 0 saturated carbocycles. The number of fused-ring (bicyclic) bond motifs is 1. The zero-order valence-electron chi connectivity index (χ0n) is 15.9. The van der Waals surface area contributed by atoms with Crippen molar-refractivity contribution in [2.75, 3.05) is 6.61 Å². The average molecular weight is 463 g/mol. The van der Waals surface area contributed by atoms with Gasteiger partial charge in [-0.25, -0.2) is 4.98 Å². The Kier molecular flexibility index (Phi) is 6.52. The van der Waals surface area contributed by atoms with Gasteiger partial charge in [0.05, 0.1) is 28.7 Å². The fourth-order valence-electron chi connectivity index (χ4n) is 2.77. The maximum atomic E-state index is 13.1. The van der Waals surface area contributed by atoms with Crippen molar-refractivity contribution < 1.29 is 4.74 Å². The van der Waals surface area contributed by atoms with Crippen molar-refractivity contribution in [3.8, 4) is 5.75 Å². The van der Waals surface area contributed by atoms with Gasteiger partial charge in [0.25, 0.3) is 5.56 Å². The summed E-state index contributed by atoms with van der Waals surface area (Å²) in [6, 6.07) is 10.9. The lowest BCUT2D eigenvalue weighted by atomic mass is 10.1. The molecular weight excluding hydrogens is 442 g/mol. The first kappa shape index (κ1) is 20.6. The monoisotopic (exact) mass is 461 g/mol. The minimum Gasteiger partial charge on any atom is -0.492 e. The van der Waals surface area contributed by atoms with E-state index in [9.17, 15) is 4.79 Å². The summed E-state index contributed by atoms with van der Waals surface area (Å²) in [6.45, 7) is 6.54. The first-order valence-corrected chi connectivity index (χ1v) is 10.3. The predicted octanol–water partition coefficient (Wildman–Crippen LogP) is 5.61. The Hall–Kier alpha value is -2.18. The second-order valence-electron chi connectivity index (χ2n) is 6.43. The molecular formula is C21H21BrClN3O2. The Morgan fingerprint density at radius 2 is 2.07 bits per heavy atom. The summed E-state index contributed by atoms with van der Waals surface area (Å²) in [5.74, 6) is 1.34. The van der Waals surface area contributed by atoms with Gasteiger partial charge in [0.2, 0.25) is 0 Å². The summed E-state index contributed by atoms with van der Waals surface area (Å²) in [5, 5.41) is 5.46. The Morgan fingerprint density at radius 3 is 2.75 bits per heavy atom. The lowest BCUT2D eigenvalue weighted by molar-refractivity contribution is 0.340. The van der Waals surface area contributed by atoms with Gasteiger partial charge in [0.15, 0.2) is 0 Å². The van der Waals surface area contributed by atoms with Gasteiger partial charge >= 0.3 is 0 Å². The smallest absolute Gasteiger partial charge is 0.282 e. The molecule has 3 aromatic rings. The minimum atomic E-state index is -0.199. The van der Waals surface area contributed by atoms with Crippen LogP contribution in [0.3, 0.4) is 0 Å². The van der Waals surface area contributed by atoms with E-state index in [-0.39, 0.29) is 11.5 Å². The van der Waals surface area contributed by atoms with Crippen LogP contribution in [0.25, 0.3) is 10.9 Å². The van der Waals surface area contributed by atoms with Crippen LogP contribution in [0.15, 0.2) is 50.8 Å². The van der Waals surface area contributed by atoms with Gasteiger partial charge in [-0.3, -0.25) is 4.79 Å². The van der Waals surface area contributed by atoms with Crippen LogP contribution in [-0.4, -0.2) is 22.5 Å². The van der Waals surface area contributed by atoms with E-state index in [1.165, 1.54) is 4.68 Å². The molecule has 5 nitrogen and oxygen atoms in total. The fraction of sp³-hybridized carbons (Fsp3) is 0.286. The van der Waals surface area contributed by atoms with Crippen LogP contribution >= 0.6 is 27.5 Å². The number of rotatable bonds is 6. The standard InChI is InChI=1S/C21H21BrClN3O2/c1-4-13(3)20-25-18-8-7-15(22)11-16(18)21(27)26(20)24-12-14-6-9-19(28-5-2)17(23)10-14/h6-13H,4-5H2,1-3H3/t13-/m1/s1. The van der Waals surface area contributed by atoms with Crippen LogP contribution in [0, 0.1) is 0 Å². The molecule has 1 heterocycles. The van der Waals surface area contributed by atoms with Gasteiger partial charge in [0, 0.05) is 10.4 Å². The molecule has 0 saturated heterocycles. The highest BCUT2D eigenvalue weighted by atomic mass is 79.9. The first-order chi connectivity index (χ1) is 13.4. The van der Waals surface area contributed by atoms with E-state index in [1.54, 1.807) is 24.4 Å². The second kappa shape index (κ2) is 8.88. The van der Waals surface area contributed by atoms with Crippen molar-refractivity contribution in [3.05, 3.63) is 67.6 Å². The van der Waals surface area contributed by atoms with E-state index in [0.717, 1.165) is 16.5 Å². The number of halogens is 2. The summed E-state index contributed by atoms with van der Waals surface area (Å²) in [5.41, 5.74) is 1.23. The Morgan fingerprint density at radius 1 is 1.29 bits per heavy atom. The Balaban J connectivity index is 2.10. The molecule has 0 N–H and O–H groups in total. The van der Waals surface area contributed by atoms with Gasteiger partial charge in [0.1, 0.15) is 11.6 Å². The minimum absolute atomic E-state index is 0.0850. The van der Waals surface area contributed by atoms with Crippen LogP contribution < -0.4 is 10.3 Å². The molecule has 1 aromatic heterocycles. The number of hydrogen-bond acceptors (Lipinski definition) is 4. The lowest BCUT2D eigenvalue weighted by Crippen LogP contribution is -2.23. The van der Waals surface area contributed by atoms with Crippen molar-refractivity contribution in [3.63, 3.8) is 0 Å². The van der Waals surface area contributed by atoms with E-state index < -0.39 is 0 Å². The van der Waals surface area contributed by atoms with Crippen LogP contribution in [-0.2, 0) is 0 Å². The number of ether oxygens (including phenoxy) is 1. The summed E-state index contributed by atoms with van der Waals surface area (Å²) >= 11 is 9.66. The molecule has 28 heavy (non-hydrogen) atoms. The van der Waals surface area contributed by atoms with Crippen LogP contribution in [0.4, 0.5) is 0 Å². The van der Waals surface area contributed by atoms with Gasteiger partial charge in [-0.2, -0.15) is 9.78 Å². The van der Waals surface area contributed by atoms with E-state index >= 15 is 0 Å².